The Hall–Kier alpha value is -10.7. The predicted molar refractivity (Wildman–Crippen MR) is 339 cm³/mol. The van der Waals surface area contributed by atoms with E-state index in [0.29, 0.717) is 0 Å². The lowest BCUT2D eigenvalue weighted by Gasteiger charge is -2.26. The first kappa shape index (κ1) is 47.5. The van der Waals surface area contributed by atoms with Gasteiger partial charge in [-0.1, -0.05) is 206 Å². The molecule has 3 heteroatoms. The molecule has 380 valence electrons. The molecule has 81 heavy (non-hydrogen) atoms. The van der Waals surface area contributed by atoms with E-state index in [1.54, 1.807) is 0 Å². The van der Waals surface area contributed by atoms with Gasteiger partial charge in [0.05, 0.1) is 0 Å². The van der Waals surface area contributed by atoms with Gasteiger partial charge in [-0.3, -0.25) is 0 Å². The monoisotopic (exact) mass is 1030 g/mol. The molecule has 15 rings (SSSR count). The fraction of sp³-hybridized carbons (Fsp3) is 0. The minimum atomic E-state index is 0.866. The number of fused-ring (bicyclic) bond motifs is 6. The molecule has 0 bridgehead atoms. The molecule has 0 aliphatic heterocycles. The van der Waals surface area contributed by atoms with Crippen molar-refractivity contribution in [2.75, 3.05) is 4.90 Å². The Kier molecular flexibility index (Phi) is 11.9. The first-order valence-electron chi connectivity index (χ1n) is 27.6. The summed E-state index contributed by atoms with van der Waals surface area (Å²) in [6.45, 7) is 0. The fourth-order valence-corrected chi connectivity index (χ4v) is 11.7. The van der Waals surface area contributed by atoms with Crippen LogP contribution in [-0.4, -0.2) is 0 Å². The van der Waals surface area contributed by atoms with Crippen LogP contribution in [0, 0.1) is 0 Å². The maximum atomic E-state index is 6.44. The molecule has 3 nitrogen and oxygen atoms in total. The van der Waals surface area contributed by atoms with E-state index in [4.69, 9.17) is 8.83 Å². The number of furan rings is 2. The quantitative estimate of drug-likeness (QED) is 0.129. The van der Waals surface area contributed by atoms with Crippen LogP contribution in [0.4, 0.5) is 17.1 Å². The molecule has 0 aliphatic rings. The zero-order chi connectivity index (χ0) is 53.6. The van der Waals surface area contributed by atoms with Gasteiger partial charge in [0.25, 0.3) is 0 Å². The molecule has 0 spiro atoms. The van der Waals surface area contributed by atoms with E-state index in [1.807, 2.05) is 12.1 Å². The maximum Gasteiger partial charge on any atom is 0.135 e. The molecule has 0 saturated heterocycles. The van der Waals surface area contributed by atoms with Gasteiger partial charge < -0.3 is 13.7 Å². The Labute approximate surface area is 470 Å². The first-order valence-corrected chi connectivity index (χ1v) is 27.6. The van der Waals surface area contributed by atoms with Gasteiger partial charge in [0, 0.05) is 38.6 Å². The smallest absolute Gasteiger partial charge is 0.135 e. The van der Waals surface area contributed by atoms with Crippen molar-refractivity contribution in [3.8, 4) is 89.0 Å². The number of rotatable bonds is 11. The summed E-state index contributed by atoms with van der Waals surface area (Å²) in [6, 6.07) is 111. The molecular weight excluding hydrogens is 983 g/mol. The molecule has 2 heterocycles. The van der Waals surface area contributed by atoms with Crippen LogP contribution >= 0.6 is 0 Å². The number of anilines is 3. The lowest BCUT2D eigenvalue weighted by atomic mass is 9.96. The van der Waals surface area contributed by atoms with Gasteiger partial charge in [-0.2, -0.15) is 0 Å². The SMILES string of the molecule is c1ccc(-c2cccc(-c3cccc(-c4ccc(N(c5ccc(-c6cccc(-c7cccc(-c8ccccc8)c7)c6)cc5)c5ccc(-c6ccc7oc8ccc(-c9ccc%10oc%11ccccc%11c%10c9)cc8c7c6)cc5)cc4)c3)c2)cc1. The lowest BCUT2D eigenvalue weighted by molar-refractivity contribution is 0.668. The third kappa shape index (κ3) is 9.13. The van der Waals surface area contributed by atoms with Crippen molar-refractivity contribution >= 4 is 60.9 Å². The number of benzene rings is 13. The molecule has 0 atom stereocenters. The summed E-state index contributed by atoms with van der Waals surface area (Å²) in [7, 11) is 0. The molecule has 2 aromatic heterocycles. The molecule has 13 aromatic carbocycles. The van der Waals surface area contributed by atoms with Crippen molar-refractivity contribution in [2.24, 2.45) is 0 Å². The molecule has 0 fully saturated rings. The van der Waals surface area contributed by atoms with Crippen LogP contribution in [0.25, 0.3) is 133 Å². The summed E-state index contributed by atoms with van der Waals surface area (Å²) in [4.78, 5) is 2.35. The highest BCUT2D eigenvalue weighted by Gasteiger charge is 2.17. The average molecular weight is 1030 g/mol. The van der Waals surface area contributed by atoms with Gasteiger partial charge in [0.15, 0.2) is 0 Å². The van der Waals surface area contributed by atoms with Crippen LogP contribution in [0.5, 0.6) is 0 Å². The number of para-hydroxylation sites is 1. The highest BCUT2D eigenvalue weighted by molar-refractivity contribution is 6.09. The van der Waals surface area contributed by atoms with E-state index in [-0.39, 0.29) is 0 Å². The van der Waals surface area contributed by atoms with Gasteiger partial charge in [-0.15, -0.1) is 0 Å². The van der Waals surface area contributed by atoms with Gasteiger partial charge in [-0.25, -0.2) is 0 Å². The van der Waals surface area contributed by atoms with Gasteiger partial charge in [-0.05, 0) is 192 Å². The Balaban J connectivity index is 0.760. The van der Waals surface area contributed by atoms with Crippen molar-refractivity contribution in [1.82, 2.24) is 0 Å². The topological polar surface area (TPSA) is 29.5 Å². The van der Waals surface area contributed by atoms with Crippen molar-refractivity contribution < 1.29 is 8.83 Å². The van der Waals surface area contributed by atoms with Crippen LogP contribution < -0.4 is 4.90 Å². The summed E-state index contributed by atoms with van der Waals surface area (Å²) >= 11 is 0. The summed E-state index contributed by atoms with van der Waals surface area (Å²) in [5.74, 6) is 0. The number of hydrogen-bond donors (Lipinski definition) is 0. The van der Waals surface area contributed by atoms with Gasteiger partial charge in [0.1, 0.15) is 22.3 Å². The van der Waals surface area contributed by atoms with E-state index >= 15 is 0 Å². The molecule has 0 amide bonds. The minimum absolute atomic E-state index is 0.866. The van der Waals surface area contributed by atoms with Crippen LogP contribution in [0.1, 0.15) is 0 Å². The number of hydrogen-bond acceptors (Lipinski definition) is 3. The highest BCUT2D eigenvalue weighted by atomic mass is 16.3. The Bertz CT molecular complexity index is 4610. The second-order valence-corrected chi connectivity index (χ2v) is 20.9. The third-order valence-corrected chi connectivity index (χ3v) is 15.9. The molecule has 0 unspecified atom stereocenters. The van der Waals surface area contributed by atoms with E-state index in [0.717, 1.165) is 94.3 Å². The predicted octanol–water partition coefficient (Wildman–Crippen LogP) is 22.3. The third-order valence-electron chi connectivity index (χ3n) is 15.9. The Morgan fingerprint density at radius 2 is 0.395 bits per heavy atom. The second kappa shape index (κ2) is 20.2. The lowest BCUT2D eigenvalue weighted by Crippen LogP contribution is -2.09. The average Bonchev–Trinajstić information content (AvgIpc) is 4.30. The summed E-state index contributed by atoms with van der Waals surface area (Å²) < 4.78 is 12.6. The molecule has 0 saturated carbocycles. The zero-order valence-electron chi connectivity index (χ0n) is 44.2. The van der Waals surface area contributed by atoms with Gasteiger partial charge in [0.2, 0.25) is 0 Å². The minimum Gasteiger partial charge on any atom is -0.456 e. The Morgan fingerprint density at radius 3 is 0.753 bits per heavy atom. The standard InChI is InChI=1S/C78H51NO2/c1-3-13-52(14-4-1)57-17-9-21-61(45-57)63-23-11-19-59(47-63)54-27-36-68(37-28-54)79(69-38-29-55(30-39-69)60-20-12-24-64(48-60)62-22-10-18-58(46-62)53-15-5-2-6-16-53)70-40-31-56(32-41-70)65-33-42-77-73(49-65)74-51-67(35-44-78(74)81-77)66-34-43-76-72(50-66)71-25-7-8-26-75(71)80-76/h1-51H. The largest absolute Gasteiger partial charge is 0.456 e. The summed E-state index contributed by atoms with van der Waals surface area (Å²) in [6.07, 6.45) is 0. The normalized spacial score (nSPS) is 11.5. The van der Waals surface area contributed by atoms with E-state index in [9.17, 15) is 0 Å². The van der Waals surface area contributed by atoms with Crippen LogP contribution in [0.15, 0.2) is 318 Å². The Morgan fingerprint density at radius 1 is 0.160 bits per heavy atom. The maximum absolute atomic E-state index is 6.44. The van der Waals surface area contributed by atoms with Gasteiger partial charge >= 0.3 is 0 Å². The number of nitrogens with zero attached hydrogens (tertiary/aromatic N) is 1. The molecule has 0 aliphatic carbocycles. The van der Waals surface area contributed by atoms with E-state index in [2.05, 4.69) is 302 Å². The van der Waals surface area contributed by atoms with Crippen molar-refractivity contribution in [3.63, 3.8) is 0 Å². The molecule has 0 N–H and O–H groups in total. The van der Waals surface area contributed by atoms with Crippen LogP contribution in [-0.2, 0) is 0 Å². The zero-order valence-corrected chi connectivity index (χ0v) is 44.2. The second-order valence-electron chi connectivity index (χ2n) is 20.9. The highest BCUT2D eigenvalue weighted by Crippen LogP contribution is 2.41. The molecular formula is C78H51NO2. The van der Waals surface area contributed by atoms with Crippen molar-refractivity contribution in [2.45, 2.75) is 0 Å². The fourth-order valence-electron chi connectivity index (χ4n) is 11.7. The van der Waals surface area contributed by atoms with Crippen molar-refractivity contribution in [3.05, 3.63) is 309 Å². The van der Waals surface area contributed by atoms with E-state index in [1.165, 1.54) is 55.6 Å². The molecule has 15 aromatic rings. The van der Waals surface area contributed by atoms with Crippen LogP contribution in [0.2, 0.25) is 0 Å². The summed E-state index contributed by atoms with van der Waals surface area (Å²) in [5.41, 5.74) is 25.5. The van der Waals surface area contributed by atoms with Crippen molar-refractivity contribution in [1.29, 1.82) is 0 Å². The molecule has 0 radical (unpaired) electrons. The first-order chi connectivity index (χ1) is 40.1. The summed E-state index contributed by atoms with van der Waals surface area (Å²) in [5, 5.41) is 4.41. The van der Waals surface area contributed by atoms with Crippen LogP contribution in [0.3, 0.4) is 0 Å². The van der Waals surface area contributed by atoms with E-state index < -0.39 is 0 Å².